The van der Waals surface area contributed by atoms with E-state index in [1.807, 2.05) is 53.4 Å². The molecule has 1 aliphatic heterocycles. The van der Waals surface area contributed by atoms with Gasteiger partial charge in [0.1, 0.15) is 0 Å². The van der Waals surface area contributed by atoms with Crippen LogP contribution in [-0.2, 0) is 10.2 Å². The first-order valence-electron chi connectivity index (χ1n) is 9.63. The van der Waals surface area contributed by atoms with E-state index in [1.165, 1.54) is 16.3 Å². The van der Waals surface area contributed by atoms with Crippen LogP contribution in [0.15, 0.2) is 103 Å². The highest BCUT2D eigenvalue weighted by molar-refractivity contribution is 6.11. The Kier molecular flexibility index (Phi) is 3.80. The summed E-state index contributed by atoms with van der Waals surface area (Å²) in [5, 5.41) is 2.40. The number of para-hydroxylation sites is 1. The maximum atomic E-state index is 13.5. The number of hydrogen-bond acceptors (Lipinski definition) is 1. The van der Waals surface area contributed by atoms with Gasteiger partial charge in [0.25, 0.3) is 0 Å². The average molecular weight is 363 g/mol. The van der Waals surface area contributed by atoms with Crippen LogP contribution in [0, 0.1) is 0 Å². The molecule has 4 aromatic carbocycles. The molecule has 1 saturated heterocycles. The van der Waals surface area contributed by atoms with Gasteiger partial charge >= 0.3 is 0 Å². The molecule has 2 atom stereocenters. The Labute approximate surface area is 165 Å². The lowest BCUT2D eigenvalue weighted by Gasteiger charge is -2.55. The Morgan fingerprint density at radius 2 is 1.32 bits per heavy atom. The van der Waals surface area contributed by atoms with Gasteiger partial charge in [-0.3, -0.25) is 4.79 Å². The Balaban J connectivity index is 1.74. The summed E-state index contributed by atoms with van der Waals surface area (Å²) in [6.07, 6.45) is 0. The fraction of sp³-hybridized carbons (Fsp3) is 0.115. The quantitative estimate of drug-likeness (QED) is 0.416. The second-order valence-corrected chi connectivity index (χ2v) is 7.55. The van der Waals surface area contributed by atoms with Gasteiger partial charge in [-0.15, -0.1) is 0 Å². The third-order valence-corrected chi connectivity index (χ3v) is 5.99. The number of fused-ring (bicyclic) bond motifs is 1. The lowest BCUT2D eigenvalue weighted by molar-refractivity contribution is -0.132. The fourth-order valence-electron chi connectivity index (χ4n) is 4.54. The van der Waals surface area contributed by atoms with Gasteiger partial charge in [-0.1, -0.05) is 91.0 Å². The number of β-lactam (4-membered cyclic amide) rings is 1. The Bertz CT molecular complexity index is 1150. The Morgan fingerprint density at radius 3 is 2.07 bits per heavy atom. The molecule has 1 fully saturated rings. The van der Waals surface area contributed by atoms with Crippen molar-refractivity contribution < 1.29 is 4.79 Å². The van der Waals surface area contributed by atoms with Crippen molar-refractivity contribution in [3.63, 3.8) is 0 Å². The molecule has 0 aliphatic carbocycles. The summed E-state index contributed by atoms with van der Waals surface area (Å²) in [6.45, 7) is 2.08. The van der Waals surface area contributed by atoms with Gasteiger partial charge in [0.15, 0.2) is 0 Å². The molecule has 0 N–H and O–H groups in total. The zero-order chi connectivity index (χ0) is 19.1. The average Bonchev–Trinajstić information content (AvgIpc) is 2.77. The van der Waals surface area contributed by atoms with Gasteiger partial charge in [-0.05, 0) is 41.0 Å². The number of hydrogen-bond donors (Lipinski definition) is 0. The molecule has 136 valence electrons. The highest BCUT2D eigenvalue weighted by atomic mass is 16.2. The topological polar surface area (TPSA) is 20.3 Å². The van der Waals surface area contributed by atoms with Crippen molar-refractivity contribution in [1.82, 2.24) is 0 Å². The minimum absolute atomic E-state index is 0.0594. The maximum Gasteiger partial charge on any atom is 0.240 e. The standard InChI is InChI=1S/C26H21NO/c1-26(20-13-4-2-5-14-20)24(27(25(26)28)21-15-6-3-7-16-21)23-18-10-12-19-11-8-9-17-22(19)23/h2-18,24H,1H3/t24-,26-/m1/s1. The van der Waals surface area contributed by atoms with E-state index in [0.29, 0.717) is 0 Å². The molecule has 28 heavy (non-hydrogen) atoms. The van der Waals surface area contributed by atoms with Crippen molar-refractivity contribution >= 4 is 22.4 Å². The second kappa shape index (κ2) is 6.35. The first-order chi connectivity index (χ1) is 13.7. The van der Waals surface area contributed by atoms with Gasteiger partial charge in [0.2, 0.25) is 5.91 Å². The van der Waals surface area contributed by atoms with E-state index in [2.05, 4.69) is 61.5 Å². The van der Waals surface area contributed by atoms with Gasteiger partial charge < -0.3 is 4.90 Å². The summed E-state index contributed by atoms with van der Waals surface area (Å²) in [5.41, 5.74) is 2.60. The van der Waals surface area contributed by atoms with E-state index in [-0.39, 0.29) is 11.9 Å². The van der Waals surface area contributed by atoms with E-state index >= 15 is 0 Å². The monoisotopic (exact) mass is 363 g/mol. The van der Waals surface area contributed by atoms with Gasteiger partial charge in [0.05, 0.1) is 11.5 Å². The van der Waals surface area contributed by atoms with E-state index in [9.17, 15) is 4.79 Å². The van der Waals surface area contributed by atoms with Gasteiger partial charge in [0, 0.05) is 5.69 Å². The summed E-state index contributed by atoms with van der Waals surface area (Å²) in [7, 11) is 0. The number of carbonyl (C=O) groups is 1. The van der Waals surface area contributed by atoms with Crippen LogP contribution in [-0.4, -0.2) is 5.91 Å². The number of anilines is 1. The molecule has 2 heteroatoms. The maximum absolute atomic E-state index is 13.5. The molecule has 0 spiro atoms. The molecule has 0 radical (unpaired) electrons. The molecule has 4 aromatic rings. The van der Waals surface area contributed by atoms with Crippen LogP contribution in [0.1, 0.15) is 24.1 Å². The summed E-state index contributed by atoms with van der Waals surface area (Å²) >= 11 is 0. The van der Waals surface area contributed by atoms with Crippen molar-refractivity contribution in [2.45, 2.75) is 18.4 Å². The summed E-state index contributed by atoms with van der Waals surface area (Å²) in [6, 6.07) is 34.9. The van der Waals surface area contributed by atoms with E-state index in [4.69, 9.17) is 0 Å². The SMILES string of the molecule is C[C@]1(c2ccccc2)C(=O)N(c2ccccc2)[C@@H]1c1cccc2ccccc12. The van der Waals surface area contributed by atoms with Crippen LogP contribution in [0.3, 0.4) is 0 Å². The molecule has 0 saturated carbocycles. The molecular weight excluding hydrogens is 342 g/mol. The van der Waals surface area contributed by atoms with Crippen LogP contribution >= 0.6 is 0 Å². The highest BCUT2D eigenvalue weighted by Gasteiger charge is 2.59. The predicted octanol–water partition coefficient (Wildman–Crippen LogP) is 5.89. The molecular formula is C26H21NO. The Hall–Kier alpha value is -3.39. The van der Waals surface area contributed by atoms with Crippen LogP contribution in [0.4, 0.5) is 5.69 Å². The molecule has 0 unspecified atom stereocenters. The van der Waals surface area contributed by atoms with Crippen molar-refractivity contribution in [2.24, 2.45) is 0 Å². The normalized spacial score (nSPS) is 21.5. The smallest absolute Gasteiger partial charge is 0.240 e. The zero-order valence-corrected chi connectivity index (χ0v) is 15.7. The molecule has 5 rings (SSSR count). The molecule has 1 aliphatic rings. The van der Waals surface area contributed by atoms with Crippen LogP contribution < -0.4 is 4.90 Å². The predicted molar refractivity (Wildman–Crippen MR) is 114 cm³/mol. The lowest BCUT2D eigenvalue weighted by atomic mass is 9.64. The Morgan fingerprint density at radius 1 is 0.714 bits per heavy atom. The summed E-state index contributed by atoms with van der Waals surface area (Å²) < 4.78 is 0. The third kappa shape index (κ3) is 2.31. The zero-order valence-electron chi connectivity index (χ0n) is 15.7. The molecule has 1 amide bonds. The van der Waals surface area contributed by atoms with Crippen molar-refractivity contribution in [1.29, 1.82) is 0 Å². The molecule has 0 bridgehead atoms. The van der Waals surface area contributed by atoms with Crippen molar-refractivity contribution in [2.75, 3.05) is 4.90 Å². The van der Waals surface area contributed by atoms with Crippen LogP contribution in [0.25, 0.3) is 10.8 Å². The minimum atomic E-state index is -0.596. The minimum Gasteiger partial charge on any atom is -0.303 e. The van der Waals surface area contributed by atoms with Crippen LogP contribution in [0.5, 0.6) is 0 Å². The summed E-state index contributed by atoms with van der Waals surface area (Å²) in [4.78, 5) is 15.5. The van der Waals surface area contributed by atoms with Gasteiger partial charge in [-0.25, -0.2) is 0 Å². The second-order valence-electron chi connectivity index (χ2n) is 7.55. The molecule has 1 heterocycles. The lowest BCUT2D eigenvalue weighted by Crippen LogP contribution is -2.65. The van der Waals surface area contributed by atoms with Crippen LogP contribution in [0.2, 0.25) is 0 Å². The number of nitrogens with zero attached hydrogens (tertiary/aromatic N) is 1. The third-order valence-electron chi connectivity index (χ3n) is 5.99. The van der Waals surface area contributed by atoms with E-state index in [0.717, 1.165) is 11.3 Å². The van der Waals surface area contributed by atoms with E-state index in [1.54, 1.807) is 0 Å². The number of carbonyl (C=O) groups excluding carboxylic acids is 1. The van der Waals surface area contributed by atoms with Gasteiger partial charge in [-0.2, -0.15) is 0 Å². The molecule has 0 aromatic heterocycles. The number of benzene rings is 4. The number of amides is 1. The highest BCUT2D eigenvalue weighted by Crippen LogP contribution is 2.54. The number of rotatable bonds is 3. The molecule has 2 nitrogen and oxygen atoms in total. The van der Waals surface area contributed by atoms with E-state index < -0.39 is 5.41 Å². The van der Waals surface area contributed by atoms with Crippen molar-refractivity contribution in [3.8, 4) is 0 Å². The largest absolute Gasteiger partial charge is 0.303 e. The first-order valence-corrected chi connectivity index (χ1v) is 9.63. The first kappa shape index (κ1) is 16.8. The fourth-order valence-corrected chi connectivity index (χ4v) is 4.54. The summed E-state index contributed by atoms with van der Waals surface area (Å²) in [5.74, 6) is 0.142. The van der Waals surface area contributed by atoms with Crippen molar-refractivity contribution in [3.05, 3.63) is 114 Å².